The number of halogens is 3. The molecule has 0 aliphatic carbocycles. The van der Waals surface area contributed by atoms with Crippen LogP contribution in [0.4, 0.5) is 13.2 Å². The molecular formula is C8H9F3N4O. The van der Waals surface area contributed by atoms with E-state index in [1.807, 2.05) is 6.07 Å². The minimum absolute atomic E-state index is 0.0694. The number of H-pyrrole nitrogens is 1. The van der Waals surface area contributed by atoms with Gasteiger partial charge in [-0.25, -0.2) is 4.98 Å². The van der Waals surface area contributed by atoms with Crippen LogP contribution in [0.1, 0.15) is 11.6 Å². The van der Waals surface area contributed by atoms with E-state index in [-0.39, 0.29) is 19.4 Å². The molecule has 1 rings (SSSR count). The van der Waals surface area contributed by atoms with E-state index in [4.69, 9.17) is 5.26 Å². The van der Waals surface area contributed by atoms with E-state index in [1.165, 1.54) is 0 Å². The third kappa shape index (κ3) is 4.75. The number of nitrogens with zero attached hydrogens (tertiary/aromatic N) is 3. The maximum absolute atomic E-state index is 11.7. The van der Waals surface area contributed by atoms with Crippen LogP contribution in [-0.2, 0) is 17.6 Å². The number of hydrogen-bond acceptors (Lipinski definition) is 4. The Morgan fingerprint density at radius 2 is 2.19 bits per heavy atom. The smallest absolute Gasteiger partial charge is 0.372 e. The zero-order valence-electron chi connectivity index (χ0n) is 8.21. The van der Waals surface area contributed by atoms with Crippen LogP contribution in [0.25, 0.3) is 0 Å². The fourth-order valence-electron chi connectivity index (χ4n) is 0.953. The van der Waals surface area contributed by atoms with E-state index in [2.05, 4.69) is 19.9 Å². The van der Waals surface area contributed by atoms with Crippen LogP contribution >= 0.6 is 0 Å². The summed E-state index contributed by atoms with van der Waals surface area (Å²) in [6.07, 6.45) is -4.04. The van der Waals surface area contributed by atoms with Gasteiger partial charge in [-0.15, -0.1) is 0 Å². The van der Waals surface area contributed by atoms with Gasteiger partial charge in [-0.1, -0.05) is 0 Å². The number of nitriles is 1. The van der Waals surface area contributed by atoms with Crippen LogP contribution in [0.5, 0.6) is 0 Å². The van der Waals surface area contributed by atoms with Crippen molar-refractivity contribution in [2.75, 3.05) is 13.2 Å². The summed E-state index contributed by atoms with van der Waals surface area (Å²) in [5.41, 5.74) is 0. The van der Waals surface area contributed by atoms with Gasteiger partial charge in [0.2, 0.25) is 0 Å². The topological polar surface area (TPSA) is 74.6 Å². The maximum Gasteiger partial charge on any atom is 0.411 e. The molecule has 0 aromatic carbocycles. The third-order valence-electron chi connectivity index (χ3n) is 1.56. The molecule has 0 bridgehead atoms. The molecule has 1 aromatic heterocycles. The highest BCUT2D eigenvalue weighted by atomic mass is 19.4. The molecule has 1 aromatic rings. The van der Waals surface area contributed by atoms with Gasteiger partial charge in [-0.3, -0.25) is 5.10 Å². The van der Waals surface area contributed by atoms with Crippen molar-refractivity contribution >= 4 is 0 Å². The van der Waals surface area contributed by atoms with Crippen LogP contribution in [0.2, 0.25) is 0 Å². The summed E-state index contributed by atoms with van der Waals surface area (Å²) in [5.74, 6) is 0.737. The lowest BCUT2D eigenvalue weighted by atomic mass is 10.4. The first-order valence-electron chi connectivity index (χ1n) is 4.43. The summed E-state index contributed by atoms with van der Waals surface area (Å²) < 4.78 is 39.5. The molecule has 0 atom stereocenters. The zero-order chi connectivity index (χ0) is 12.0. The van der Waals surface area contributed by atoms with Gasteiger partial charge in [0.25, 0.3) is 0 Å². The Balaban J connectivity index is 2.25. The Bertz CT molecular complexity index is 368. The monoisotopic (exact) mass is 234 g/mol. The van der Waals surface area contributed by atoms with Gasteiger partial charge in [0.15, 0.2) is 5.82 Å². The number of aromatic amines is 1. The fourth-order valence-corrected chi connectivity index (χ4v) is 0.953. The summed E-state index contributed by atoms with van der Waals surface area (Å²) in [4.78, 5) is 3.88. The summed E-state index contributed by atoms with van der Waals surface area (Å²) in [7, 11) is 0. The number of aromatic nitrogens is 3. The fraction of sp³-hybridized carbons (Fsp3) is 0.625. The Morgan fingerprint density at radius 1 is 1.44 bits per heavy atom. The average Bonchev–Trinajstić information content (AvgIpc) is 2.60. The minimum Gasteiger partial charge on any atom is -0.372 e. The van der Waals surface area contributed by atoms with Crippen LogP contribution in [0, 0.1) is 11.3 Å². The third-order valence-corrected chi connectivity index (χ3v) is 1.56. The maximum atomic E-state index is 11.7. The molecule has 0 unspecified atom stereocenters. The second-order valence-electron chi connectivity index (χ2n) is 2.95. The van der Waals surface area contributed by atoms with Crippen LogP contribution < -0.4 is 0 Å². The molecule has 88 valence electrons. The molecule has 1 heterocycles. The summed E-state index contributed by atoms with van der Waals surface area (Å²) in [5, 5.41) is 14.6. The van der Waals surface area contributed by atoms with Crippen molar-refractivity contribution < 1.29 is 17.9 Å². The van der Waals surface area contributed by atoms with E-state index in [0.29, 0.717) is 11.6 Å². The van der Waals surface area contributed by atoms with E-state index < -0.39 is 12.8 Å². The normalized spacial score (nSPS) is 11.4. The van der Waals surface area contributed by atoms with Gasteiger partial charge in [-0.2, -0.15) is 23.5 Å². The number of alkyl halides is 3. The van der Waals surface area contributed by atoms with Gasteiger partial charge in [0, 0.05) is 6.42 Å². The van der Waals surface area contributed by atoms with Gasteiger partial charge >= 0.3 is 6.18 Å². The standard InChI is InChI=1S/C8H9F3N4O/c9-8(10,11)5-16-4-2-7-13-6(1-3-12)14-15-7/h1-2,4-5H2,(H,13,14,15). The molecule has 0 spiro atoms. The van der Waals surface area contributed by atoms with Crippen molar-refractivity contribution in [1.82, 2.24) is 15.2 Å². The van der Waals surface area contributed by atoms with Crippen molar-refractivity contribution in [3.63, 3.8) is 0 Å². The van der Waals surface area contributed by atoms with Gasteiger partial charge < -0.3 is 4.74 Å². The van der Waals surface area contributed by atoms with Gasteiger partial charge in [0.1, 0.15) is 12.4 Å². The average molecular weight is 234 g/mol. The molecule has 16 heavy (non-hydrogen) atoms. The van der Waals surface area contributed by atoms with Crippen molar-refractivity contribution in [1.29, 1.82) is 5.26 Å². The molecule has 8 heteroatoms. The Labute approximate surface area is 89.2 Å². The van der Waals surface area contributed by atoms with Crippen LogP contribution in [0.3, 0.4) is 0 Å². The van der Waals surface area contributed by atoms with Crippen LogP contribution in [-0.4, -0.2) is 34.6 Å². The second kappa shape index (κ2) is 5.46. The first kappa shape index (κ1) is 12.4. The van der Waals surface area contributed by atoms with E-state index in [0.717, 1.165) is 0 Å². The van der Waals surface area contributed by atoms with Crippen molar-refractivity contribution in [3.05, 3.63) is 11.6 Å². The predicted molar refractivity (Wildman–Crippen MR) is 46.3 cm³/mol. The number of nitrogens with one attached hydrogen (secondary N) is 1. The zero-order valence-corrected chi connectivity index (χ0v) is 8.21. The lowest BCUT2D eigenvalue weighted by Crippen LogP contribution is -2.18. The first-order valence-corrected chi connectivity index (χ1v) is 4.43. The number of rotatable bonds is 5. The second-order valence-corrected chi connectivity index (χ2v) is 2.95. The molecule has 0 amide bonds. The highest BCUT2D eigenvalue weighted by Gasteiger charge is 2.27. The van der Waals surface area contributed by atoms with Gasteiger partial charge in [-0.05, 0) is 0 Å². The Hall–Kier alpha value is -1.62. The van der Waals surface area contributed by atoms with Crippen LogP contribution in [0.15, 0.2) is 0 Å². The van der Waals surface area contributed by atoms with E-state index in [9.17, 15) is 13.2 Å². The molecule has 1 N–H and O–H groups in total. The molecule has 0 aliphatic heterocycles. The molecule has 0 radical (unpaired) electrons. The molecule has 0 fully saturated rings. The lowest BCUT2D eigenvalue weighted by molar-refractivity contribution is -0.173. The predicted octanol–water partition coefficient (Wildman–Crippen LogP) is 0.992. The van der Waals surface area contributed by atoms with Gasteiger partial charge in [0.05, 0.1) is 19.1 Å². The molecule has 0 saturated heterocycles. The lowest BCUT2D eigenvalue weighted by Gasteiger charge is -2.05. The molecular weight excluding hydrogens is 225 g/mol. The van der Waals surface area contributed by atoms with Crippen molar-refractivity contribution in [2.45, 2.75) is 19.0 Å². The van der Waals surface area contributed by atoms with E-state index in [1.54, 1.807) is 0 Å². The number of hydrogen-bond donors (Lipinski definition) is 1. The van der Waals surface area contributed by atoms with Crippen molar-refractivity contribution in [3.8, 4) is 6.07 Å². The molecule has 0 aliphatic rings. The Kier molecular flexibility index (Phi) is 4.25. The summed E-state index contributed by atoms with van der Waals surface area (Å²) in [6.45, 7) is -1.37. The highest BCUT2D eigenvalue weighted by Crippen LogP contribution is 2.14. The van der Waals surface area contributed by atoms with Crippen molar-refractivity contribution in [2.24, 2.45) is 0 Å². The van der Waals surface area contributed by atoms with E-state index >= 15 is 0 Å². The summed E-state index contributed by atoms with van der Waals surface area (Å²) >= 11 is 0. The highest BCUT2D eigenvalue weighted by molar-refractivity contribution is 4.96. The SMILES string of the molecule is N#CCc1n[nH]c(CCOCC(F)(F)F)n1. The first-order chi connectivity index (χ1) is 7.51. The molecule has 5 nitrogen and oxygen atoms in total. The minimum atomic E-state index is -4.31. The number of ether oxygens (including phenoxy) is 1. The Morgan fingerprint density at radius 3 is 2.81 bits per heavy atom. The molecule has 0 saturated carbocycles. The largest absolute Gasteiger partial charge is 0.411 e. The summed E-state index contributed by atoms with van der Waals surface area (Å²) in [6, 6.07) is 1.86. The quantitative estimate of drug-likeness (QED) is 0.771.